The molecular weight excluding hydrogens is 244 g/mol. The second kappa shape index (κ2) is 5.03. The Morgan fingerprint density at radius 1 is 1.29 bits per heavy atom. The van der Waals surface area contributed by atoms with Gasteiger partial charge in [-0.2, -0.15) is 13.2 Å². The first-order valence-corrected chi connectivity index (χ1v) is 4.51. The fraction of sp³-hybridized carbons (Fsp3) is 0.300. The first-order valence-electron chi connectivity index (χ1n) is 4.51. The van der Waals surface area contributed by atoms with Crippen LogP contribution in [0.5, 0.6) is 5.75 Å². The van der Waals surface area contributed by atoms with Gasteiger partial charge in [0.25, 0.3) is 0 Å². The highest BCUT2D eigenvalue weighted by molar-refractivity contribution is 5.88. The van der Waals surface area contributed by atoms with Crippen LogP contribution in [0.2, 0.25) is 0 Å². The molecule has 94 valence electrons. The maximum atomic E-state index is 12.9. The molecule has 0 atom stereocenters. The lowest BCUT2D eigenvalue weighted by molar-refractivity contribution is -0.139. The van der Waals surface area contributed by atoms with Gasteiger partial charge < -0.3 is 9.84 Å². The molecule has 1 N–H and O–H groups in total. The van der Waals surface area contributed by atoms with Crippen molar-refractivity contribution >= 4 is 5.97 Å². The van der Waals surface area contributed by atoms with Gasteiger partial charge in [-0.05, 0) is 12.1 Å². The van der Waals surface area contributed by atoms with Crippen molar-refractivity contribution in [2.75, 3.05) is 6.61 Å². The van der Waals surface area contributed by atoms with Gasteiger partial charge >= 0.3 is 12.1 Å². The zero-order valence-corrected chi connectivity index (χ0v) is 8.42. The van der Waals surface area contributed by atoms with Gasteiger partial charge in [-0.3, -0.25) is 0 Å². The number of rotatable bonds is 4. The summed E-state index contributed by atoms with van der Waals surface area (Å²) in [6.07, 6.45) is -5.56. The first-order chi connectivity index (χ1) is 7.78. The van der Waals surface area contributed by atoms with E-state index in [9.17, 15) is 22.4 Å². The number of ether oxygens (including phenoxy) is 1. The van der Waals surface area contributed by atoms with E-state index < -0.39 is 31.0 Å². The van der Waals surface area contributed by atoms with Crippen LogP contribution in [-0.2, 0) is 0 Å². The summed E-state index contributed by atoms with van der Waals surface area (Å²) in [5, 5.41) is 8.59. The van der Waals surface area contributed by atoms with E-state index in [0.29, 0.717) is 0 Å². The Hall–Kier alpha value is -1.79. The van der Waals surface area contributed by atoms with Crippen molar-refractivity contribution in [3.8, 4) is 5.75 Å². The van der Waals surface area contributed by atoms with Gasteiger partial charge in [-0.1, -0.05) is 0 Å². The molecule has 0 amide bonds. The molecule has 1 rings (SSSR count). The molecule has 0 heterocycles. The number of carbonyl (C=O) groups is 1. The highest BCUT2D eigenvalue weighted by Gasteiger charge is 2.26. The van der Waals surface area contributed by atoms with Crippen LogP contribution in [0.1, 0.15) is 16.8 Å². The van der Waals surface area contributed by atoms with Crippen LogP contribution in [0.15, 0.2) is 18.2 Å². The predicted octanol–water partition coefficient (Wildman–Crippen LogP) is 2.86. The second-order valence-electron chi connectivity index (χ2n) is 3.19. The van der Waals surface area contributed by atoms with Crippen LogP contribution in [0, 0.1) is 5.82 Å². The monoisotopic (exact) mass is 252 g/mol. The molecule has 0 aromatic heterocycles. The lowest BCUT2D eigenvalue weighted by Gasteiger charge is -2.09. The largest absolute Gasteiger partial charge is 0.493 e. The van der Waals surface area contributed by atoms with E-state index in [2.05, 4.69) is 4.74 Å². The Balaban J connectivity index is 2.68. The molecule has 17 heavy (non-hydrogen) atoms. The summed E-state index contributed by atoms with van der Waals surface area (Å²) in [5.41, 5.74) is -0.382. The molecule has 7 heteroatoms. The van der Waals surface area contributed by atoms with Crippen molar-refractivity contribution in [3.05, 3.63) is 29.6 Å². The summed E-state index contributed by atoms with van der Waals surface area (Å²) in [6.45, 7) is -0.688. The Morgan fingerprint density at radius 2 is 1.94 bits per heavy atom. The van der Waals surface area contributed by atoms with E-state index in [4.69, 9.17) is 5.11 Å². The Kier molecular flexibility index (Phi) is 3.93. The molecule has 0 aliphatic rings. The third-order valence-electron chi connectivity index (χ3n) is 1.77. The highest BCUT2D eigenvalue weighted by Crippen LogP contribution is 2.21. The first kappa shape index (κ1) is 13.3. The molecule has 0 saturated heterocycles. The zero-order chi connectivity index (χ0) is 13.1. The van der Waals surface area contributed by atoms with Crippen molar-refractivity contribution in [1.29, 1.82) is 0 Å². The molecule has 0 aliphatic heterocycles. The average Bonchev–Trinajstić information content (AvgIpc) is 2.14. The van der Waals surface area contributed by atoms with Gasteiger partial charge in [-0.25, -0.2) is 9.18 Å². The summed E-state index contributed by atoms with van der Waals surface area (Å²) >= 11 is 0. The number of carboxylic acid groups (broad SMARTS) is 1. The van der Waals surface area contributed by atoms with Gasteiger partial charge in [0.15, 0.2) is 0 Å². The molecule has 0 fully saturated rings. The quantitative estimate of drug-likeness (QED) is 0.838. The standard InChI is InChI=1S/C10H8F4O3/c11-7-3-6(9(15)16)4-8(5-7)17-2-1-10(12,13)14/h3-5H,1-2H2,(H,15,16). The van der Waals surface area contributed by atoms with Crippen LogP contribution in [-0.4, -0.2) is 23.9 Å². The molecule has 0 saturated carbocycles. The highest BCUT2D eigenvalue weighted by atomic mass is 19.4. The third-order valence-corrected chi connectivity index (χ3v) is 1.77. The van der Waals surface area contributed by atoms with Crippen molar-refractivity contribution < 1.29 is 32.2 Å². The molecule has 1 aromatic rings. The number of carboxylic acids is 1. The average molecular weight is 252 g/mol. The number of alkyl halides is 3. The number of hydrogen-bond acceptors (Lipinski definition) is 2. The van der Waals surface area contributed by atoms with E-state index in [1.807, 2.05) is 0 Å². The summed E-state index contributed by atoms with van der Waals surface area (Å²) in [7, 11) is 0. The fourth-order valence-corrected chi connectivity index (χ4v) is 1.05. The van der Waals surface area contributed by atoms with Crippen molar-refractivity contribution in [2.24, 2.45) is 0 Å². The smallest absolute Gasteiger partial charge is 0.392 e. The molecule has 0 radical (unpaired) electrons. The minimum absolute atomic E-state index is 0.244. The van der Waals surface area contributed by atoms with Gasteiger partial charge in [0, 0.05) is 6.07 Å². The summed E-state index contributed by atoms with van der Waals surface area (Å²) in [4.78, 5) is 10.5. The van der Waals surface area contributed by atoms with Gasteiger partial charge in [-0.15, -0.1) is 0 Å². The lowest BCUT2D eigenvalue weighted by Crippen LogP contribution is -2.13. The molecule has 0 unspecified atom stereocenters. The SMILES string of the molecule is O=C(O)c1cc(F)cc(OCCC(F)(F)F)c1. The van der Waals surface area contributed by atoms with Crippen LogP contribution < -0.4 is 4.74 Å². The molecule has 3 nitrogen and oxygen atoms in total. The van der Waals surface area contributed by atoms with Crippen molar-refractivity contribution in [1.82, 2.24) is 0 Å². The van der Waals surface area contributed by atoms with E-state index in [1.54, 1.807) is 0 Å². The summed E-state index contributed by atoms with van der Waals surface area (Å²) in [5.74, 6) is -2.51. The third kappa shape index (κ3) is 4.71. The molecule has 0 aliphatic carbocycles. The maximum Gasteiger partial charge on any atom is 0.392 e. The van der Waals surface area contributed by atoms with Crippen LogP contribution >= 0.6 is 0 Å². The van der Waals surface area contributed by atoms with Gasteiger partial charge in [0.2, 0.25) is 0 Å². The number of halogens is 4. The fourth-order valence-electron chi connectivity index (χ4n) is 1.05. The molecule has 1 aromatic carbocycles. The van der Waals surface area contributed by atoms with E-state index in [0.717, 1.165) is 18.2 Å². The van der Waals surface area contributed by atoms with E-state index >= 15 is 0 Å². The summed E-state index contributed by atoms with van der Waals surface area (Å²) < 4.78 is 52.9. The van der Waals surface area contributed by atoms with Crippen molar-refractivity contribution in [2.45, 2.75) is 12.6 Å². The van der Waals surface area contributed by atoms with Gasteiger partial charge in [0.1, 0.15) is 11.6 Å². The normalized spacial score (nSPS) is 11.3. The zero-order valence-electron chi connectivity index (χ0n) is 8.42. The molecule has 0 bridgehead atoms. The van der Waals surface area contributed by atoms with E-state index in [-0.39, 0.29) is 11.3 Å². The second-order valence-corrected chi connectivity index (χ2v) is 3.19. The number of aromatic carboxylic acids is 1. The Labute approximate surface area is 93.6 Å². The van der Waals surface area contributed by atoms with Gasteiger partial charge in [0.05, 0.1) is 18.6 Å². The predicted molar refractivity (Wildman–Crippen MR) is 49.5 cm³/mol. The Bertz CT molecular complexity index is 415. The maximum absolute atomic E-state index is 12.9. The number of hydrogen-bond donors (Lipinski definition) is 1. The van der Waals surface area contributed by atoms with Crippen LogP contribution in [0.25, 0.3) is 0 Å². The molecular formula is C10H8F4O3. The Morgan fingerprint density at radius 3 is 2.47 bits per heavy atom. The molecule has 0 spiro atoms. The van der Waals surface area contributed by atoms with Crippen LogP contribution in [0.3, 0.4) is 0 Å². The minimum Gasteiger partial charge on any atom is -0.493 e. The number of benzene rings is 1. The minimum atomic E-state index is -4.37. The topological polar surface area (TPSA) is 46.5 Å². The summed E-state index contributed by atoms with van der Waals surface area (Å²) in [6, 6.07) is 2.53. The lowest BCUT2D eigenvalue weighted by atomic mass is 10.2. The van der Waals surface area contributed by atoms with Crippen molar-refractivity contribution in [3.63, 3.8) is 0 Å². The van der Waals surface area contributed by atoms with E-state index in [1.165, 1.54) is 0 Å². The van der Waals surface area contributed by atoms with Crippen LogP contribution in [0.4, 0.5) is 17.6 Å².